The molecule has 0 amide bonds. The van der Waals surface area contributed by atoms with E-state index in [9.17, 15) is 16.8 Å². The van der Waals surface area contributed by atoms with Crippen LogP contribution in [0.25, 0.3) is 10.9 Å². The third-order valence-corrected chi connectivity index (χ3v) is 8.77. The van der Waals surface area contributed by atoms with Gasteiger partial charge >= 0.3 is 0 Å². The van der Waals surface area contributed by atoms with Gasteiger partial charge in [-0.2, -0.15) is 4.31 Å². The number of aromatic nitrogens is 1. The number of rotatable bonds is 8. The van der Waals surface area contributed by atoms with Crippen molar-refractivity contribution in [2.45, 2.75) is 35.6 Å². The van der Waals surface area contributed by atoms with Crippen molar-refractivity contribution in [1.29, 1.82) is 0 Å². The van der Waals surface area contributed by atoms with Gasteiger partial charge in [0.15, 0.2) is 0 Å². The first kappa shape index (κ1) is 21.0. The molecule has 1 aliphatic heterocycles. The summed E-state index contributed by atoms with van der Waals surface area (Å²) < 4.78 is 56.4. The van der Waals surface area contributed by atoms with E-state index in [4.69, 9.17) is 0 Å². The first-order valence-electron chi connectivity index (χ1n) is 10.0. The molecule has 1 aliphatic rings. The van der Waals surface area contributed by atoms with Crippen LogP contribution in [0.3, 0.4) is 0 Å². The molecule has 160 valence electrons. The SMILES string of the molecule is O=S(=O)(NCCCn1ccc2ccccc21)c1ccc(S(=O)(=O)N2CCCC2)cc1. The zero-order valence-electron chi connectivity index (χ0n) is 16.6. The van der Waals surface area contributed by atoms with Gasteiger partial charge in [0, 0.05) is 37.9 Å². The second-order valence-corrected chi connectivity index (χ2v) is 11.1. The second kappa shape index (κ2) is 8.50. The number of benzene rings is 2. The Bertz CT molecular complexity index is 1230. The molecule has 1 saturated heterocycles. The summed E-state index contributed by atoms with van der Waals surface area (Å²) in [5, 5.41) is 1.15. The Morgan fingerprint density at radius 2 is 1.50 bits per heavy atom. The van der Waals surface area contributed by atoms with E-state index >= 15 is 0 Å². The van der Waals surface area contributed by atoms with Crippen molar-refractivity contribution >= 4 is 30.9 Å². The van der Waals surface area contributed by atoms with E-state index in [0.717, 1.165) is 23.7 Å². The molecular weight excluding hydrogens is 422 g/mol. The van der Waals surface area contributed by atoms with E-state index in [-0.39, 0.29) is 9.79 Å². The highest BCUT2D eigenvalue weighted by Gasteiger charge is 2.27. The van der Waals surface area contributed by atoms with Crippen LogP contribution in [0.4, 0.5) is 0 Å². The summed E-state index contributed by atoms with van der Waals surface area (Å²) in [6, 6.07) is 15.5. The molecule has 0 bridgehead atoms. The van der Waals surface area contributed by atoms with Crippen LogP contribution in [0.2, 0.25) is 0 Å². The van der Waals surface area contributed by atoms with Gasteiger partial charge in [-0.1, -0.05) is 18.2 Å². The molecule has 9 heteroatoms. The predicted octanol–water partition coefficient (Wildman–Crippen LogP) is 2.79. The molecule has 1 N–H and O–H groups in total. The molecule has 7 nitrogen and oxygen atoms in total. The minimum atomic E-state index is -3.69. The maximum absolute atomic E-state index is 12.6. The van der Waals surface area contributed by atoms with Gasteiger partial charge in [-0.15, -0.1) is 0 Å². The van der Waals surface area contributed by atoms with Crippen LogP contribution in [0.5, 0.6) is 0 Å². The lowest BCUT2D eigenvalue weighted by Crippen LogP contribution is -2.28. The van der Waals surface area contributed by atoms with E-state index in [1.54, 1.807) is 0 Å². The lowest BCUT2D eigenvalue weighted by atomic mass is 10.2. The van der Waals surface area contributed by atoms with Crippen molar-refractivity contribution in [3.8, 4) is 0 Å². The van der Waals surface area contributed by atoms with E-state index in [0.29, 0.717) is 32.6 Å². The van der Waals surface area contributed by atoms with Gasteiger partial charge in [-0.25, -0.2) is 21.6 Å². The minimum Gasteiger partial charge on any atom is -0.347 e. The van der Waals surface area contributed by atoms with Gasteiger partial charge in [0.2, 0.25) is 20.0 Å². The third-order valence-electron chi connectivity index (χ3n) is 5.38. The predicted molar refractivity (Wildman–Crippen MR) is 116 cm³/mol. The van der Waals surface area contributed by atoms with Gasteiger partial charge in [0.05, 0.1) is 9.79 Å². The third kappa shape index (κ3) is 4.29. The van der Waals surface area contributed by atoms with E-state index < -0.39 is 20.0 Å². The quantitative estimate of drug-likeness (QED) is 0.538. The first-order chi connectivity index (χ1) is 14.4. The highest BCUT2D eigenvalue weighted by molar-refractivity contribution is 7.89. The summed E-state index contributed by atoms with van der Waals surface area (Å²) in [4.78, 5) is 0.192. The summed E-state index contributed by atoms with van der Waals surface area (Å²) in [5.41, 5.74) is 1.12. The van der Waals surface area contributed by atoms with Gasteiger partial charge in [-0.05, 0) is 61.0 Å². The summed E-state index contributed by atoms with van der Waals surface area (Å²) in [6.45, 7) is 2.02. The molecule has 2 heterocycles. The lowest BCUT2D eigenvalue weighted by molar-refractivity contribution is 0.477. The fourth-order valence-electron chi connectivity index (χ4n) is 3.74. The minimum absolute atomic E-state index is 0.0642. The number of sulfonamides is 2. The van der Waals surface area contributed by atoms with Crippen molar-refractivity contribution in [3.63, 3.8) is 0 Å². The molecule has 4 rings (SSSR count). The first-order valence-corrected chi connectivity index (χ1v) is 12.9. The summed E-state index contributed by atoms with van der Waals surface area (Å²) in [7, 11) is -7.24. The molecule has 1 fully saturated rings. The summed E-state index contributed by atoms with van der Waals surface area (Å²) in [5.74, 6) is 0. The Morgan fingerprint density at radius 1 is 0.833 bits per heavy atom. The molecule has 3 aromatic rings. The normalized spacial score (nSPS) is 15.7. The van der Waals surface area contributed by atoms with Crippen LogP contribution in [0.1, 0.15) is 19.3 Å². The van der Waals surface area contributed by atoms with Crippen LogP contribution in [0, 0.1) is 0 Å². The van der Waals surface area contributed by atoms with Gasteiger partial charge in [0.1, 0.15) is 0 Å². The number of hydrogen-bond donors (Lipinski definition) is 1. The molecule has 0 saturated carbocycles. The van der Waals surface area contributed by atoms with Gasteiger partial charge in [-0.3, -0.25) is 0 Å². The van der Waals surface area contributed by atoms with Crippen LogP contribution >= 0.6 is 0 Å². The maximum atomic E-state index is 12.6. The fourth-order valence-corrected chi connectivity index (χ4v) is 6.33. The maximum Gasteiger partial charge on any atom is 0.243 e. The second-order valence-electron chi connectivity index (χ2n) is 7.40. The van der Waals surface area contributed by atoms with Crippen molar-refractivity contribution in [1.82, 2.24) is 13.6 Å². The Labute approximate surface area is 177 Å². The Kier molecular flexibility index (Phi) is 5.97. The standard InChI is InChI=1S/C21H25N3O4S2/c25-29(26,22-13-5-14-23-17-12-18-6-1-2-7-21(18)23)19-8-10-20(11-9-19)30(27,28)24-15-3-4-16-24/h1-2,6-12,17,22H,3-5,13-16H2. The number of para-hydroxylation sites is 1. The van der Waals surface area contributed by atoms with Crippen LogP contribution in [0.15, 0.2) is 70.6 Å². The average Bonchev–Trinajstić information content (AvgIpc) is 3.42. The largest absolute Gasteiger partial charge is 0.347 e. The highest BCUT2D eigenvalue weighted by Crippen LogP contribution is 2.22. The number of fused-ring (bicyclic) bond motifs is 1. The van der Waals surface area contributed by atoms with Crippen molar-refractivity contribution in [2.24, 2.45) is 0 Å². The van der Waals surface area contributed by atoms with Crippen molar-refractivity contribution in [2.75, 3.05) is 19.6 Å². The van der Waals surface area contributed by atoms with Crippen molar-refractivity contribution in [3.05, 3.63) is 60.8 Å². The fraction of sp³-hybridized carbons (Fsp3) is 0.333. The van der Waals surface area contributed by atoms with Crippen LogP contribution in [-0.4, -0.2) is 45.3 Å². The summed E-state index contributed by atoms with van der Waals surface area (Å²) in [6.07, 6.45) is 4.35. The molecular formula is C21H25N3O4S2. The highest BCUT2D eigenvalue weighted by atomic mass is 32.2. The molecule has 0 atom stereocenters. The number of aryl methyl sites for hydroxylation is 1. The topological polar surface area (TPSA) is 88.5 Å². The van der Waals surface area contributed by atoms with Crippen molar-refractivity contribution < 1.29 is 16.8 Å². The Hall–Kier alpha value is -2.20. The zero-order chi connectivity index (χ0) is 21.2. The molecule has 0 spiro atoms. The number of nitrogens with one attached hydrogen (secondary N) is 1. The Morgan fingerprint density at radius 3 is 2.23 bits per heavy atom. The van der Waals surface area contributed by atoms with Crippen LogP contribution in [-0.2, 0) is 26.6 Å². The summed E-state index contributed by atoms with van der Waals surface area (Å²) >= 11 is 0. The smallest absolute Gasteiger partial charge is 0.243 e. The molecule has 0 aliphatic carbocycles. The van der Waals surface area contributed by atoms with Gasteiger partial charge < -0.3 is 4.57 Å². The van der Waals surface area contributed by atoms with E-state index in [1.165, 1.54) is 28.6 Å². The lowest BCUT2D eigenvalue weighted by Gasteiger charge is -2.15. The Balaban J connectivity index is 1.36. The zero-order valence-corrected chi connectivity index (χ0v) is 18.2. The monoisotopic (exact) mass is 447 g/mol. The van der Waals surface area contributed by atoms with Gasteiger partial charge in [0.25, 0.3) is 0 Å². The number of hydrogen-bond acceptors (Lipinski definition) is 4. The molecule has 1 aromatic heterocycles. The molecule has 0 radical (unpaired) electrons. The molecule has 30 heavy (non-hydrogen) atoms. The van der Waals surface area contributed by atoms with E-state index in [2.05, 4.69) is 9.29 Å². The number of nitrogens with zero attached hydrogens (tertiary/aromatic N) is 2. The van der Waals surface area contributed by atoms with Crippen LogP contribution < -0.4 is 4.72 Å². The molecule has 2 aromatic carbocycles. The average molecular weight is 448 g/mol. The van der Waals surface area contributed by atoms with E-state index in [1.807, 2.05) is 36.5 Å². The molecule has 0 unspecified atom stereocenters.